The van der Waals surface area contributed by atoms with E-state index >= 15 is 0 Å². The van der Waals surface area contributed by atoms with Gasteiger partial charge >= 0.3 is 5.97 Å². The summed E-state index contributed by atoms with van der Waals surface area (Å²) in [6.45, 7) is 2.36. The van der Waals surface area contributed by atoms with Crippen molar-refractivity contribution >= 4 is 34.6 Å². The maximum Gasteiger partial charge on any atom is 0.305 e. The van der Waals surface area contributed by atoms with Crippen LogP contribution in [0.25, 0.3) is 16.8 Å². The van der Waals surface area contributed by atoms with Crippen LogP contribution in [0.2, 0.25) is 0 Å². The molecule has 0 aliphatic carbocycles. The average molecular weight is 432 g/mol. The molecule has 0 spiro atoms. The molecule has 3 rings (SSSR count). The lowest BCUT2D eigenvalue weighted by molar-refractivity contribution is -0.136. The Morgan fingerprint density at radius 3 is 2.31 bits per heavy atom. The summed E-state index contributed by atoms with van der Waals surface area (Å²) in [5.74, 6) is -1.32. The fourth-order valence-electron chi connectivity index (χ4n) is 3.18. The Morgan fingerprint density at radius 2 is 1.62 bits per heavy atom. The Morgan fingerprint density at radius 1 is 0.938 bits per heavy atom. The van der Waals surface area contributed by atoms with E-state index < -0.39 is 17.8 Å². The average Bonchev–Trinajstić information content (AvgIpc) is 2.80. The van der Waals surface area contributed by atoms with E-state index in [0.717, 1.165) is 16.5 Å². The molecule has 7 heteroatoms. The molecule has 0 saturated heterocycles. The van der Waals surface area contributed by atoms with E-state index in [1.165, 1.54) is 0 Å². The van der Waals surface area contributed by atoms with Crippen LogP contribution in [0.15, 0.2) is 72.4 Å². The molecule has 0 heterocycles. The minimum absolute atomic E-state index is 0.0126. The minimum atomic E-state index is -1.03. The highest BCUT2D eigenvalue weighted by atomic mass is 16.5. The van der Waals surface area contributed by atoms with E-state index in [9.17, 15) is 14.4 Å². The second-order valence-corrected chi connectivity index (χ2v) is 6.91. The number of fused-ring (bicyclic) bond motifs is 1. The van der Waals surface area contributed by atoms with Crippen molar-refractivity contribution in [3.63, 3.8) is 0 Å². The van der Waals surface area contributed by atoms with Crippen LogP contribution in [0, 0.1) is 0 Å². The quantitative estimate of drug-likeness (QED) is 0.448. The molecule has 2 amide bonds. The van der Waals surface area contributed by atoms with Crippen molar-refractivity contribution in [3.8, 4) is 5.75 Å². The Labute approximate surface area is 185 Å². The van der Waals surface area contributed by atoms with Crippen LogP contribution in [0.4, 0.5) is 0 Å². The number of carboxylic acid groups (broad SMARTS) is 1. The summed E-state index contributed by atoms with van der Waals surface area (Å²) in [4.78, 5) is 36.3. The third-order valence-electron chi connectivity index (χ3n) is 4.67. The number of amides is 2. The van der Waals surface area contributed by atoms with Crippen LogP contribution in [0.3, 0.4) is 0 Å². The first-order valence-electron chi connectivity index (χ1n) is 10.2. The number of ether oxygens (including phenoxy) is 1. The van der Waals surface area contributed by atoms with Gasteiger partial charge in [0.1, 0.15) is 11.4 Å². The standard InChI is InChI=1S/C25H24N2O5/c1-2-32-22-13-12-18(19-10-6-7-11-20(19)22)16-21(25(31)26-15-14-23(28)29)27-24(30)17-8-4-3-5-9-17/h3-13,16H,2,14-15H2,1H3,(H,26,31)(H,27,30)(H,28,29)/b21-16+. The highest BCUT2D eigenvalue weighted by Crippen LogP contribution is 2.29. The highest BCUT2D eigenvalue weighted by molar-refractivity contribution is 6.07. The van der Waals surface area contributed by atoms with Gasteiger partial charge in [-0.25, -0.2) is 0 Å². The van der Waals surface area contributed by atoms with Gasteiger partial charge in [-0.1, -0.05) is 48.5 Å². The third kappa shape index (κ3) is 5.72. The first-order valence-corrected chi connectivity index (χ1v) is 10.2. The second-order valence-electron chi connectivity index (χ2n) is 6.91. The van der Waals surface area contributed by atoms with Gasteiger partial charge in [-0.05, 0) is 42.1 Å². The molecule has 0 unspecified atom stereocenters. The van der Waals surface area contributed by atoms with Gasteiger partial charge < -0.3 is 20.5 Å². The molecule has 164 valence electrons. The van der Waals surface area contributed by atoms with Gasteiger partial charge in [0.2, 0.25) is 0 Å². The summed E-state index contributed by atoms with van der Waals surface area (Å²) >= 11 is 0. The monoisotopic (exact) mass is 432 g/mol. The van der Waals surface area contributed by atoms with Crippen molar-refractivity contribution in [3.05, 3.63) is 83.6 Å². The number of carbonyl (C=O) groups excluding carboxylic acids is 2. The van der Waals surface area contributed by atoms with Crippen LogP contribution in [-0.2, 0) is 9.59 Å². The fraction of sp³-hybridized carbons (Fsp3) is 0.160. The number of benzene rings is 3. The third-order valence-corrected chi connectivity index (χ3v) is 4.67. The van der Waals surface area contributed by atoms with Gasteiger partial charge in [0.25, 0.3) is 11.8 Å². The van der Waals surface area contributed by atoms with E-state index in [1.54, 1.807) is 36.4 Å². The van der Waals surface area contributed by atoms with E-state index in [2.05, 4.69) is 10.6 Å². The maximum absolute atomic E-state index is 12.8. The molecule has 0 saturated carbocycles. The smallest absolute Gasteiger partial charge is 0.305 e. The molecule has 0 atom stereocenters. The molecule has 3 aromatic carbocycles. The van der Waals surface area contributed by atoms with Gasteiger partial charge in [0.05, 0.1) is 13.0 Å². The number of nitrogens with one attached hydrogen (secondary N) is 2. The van der Waals surface area contributed by atoms with Gasteiger partial charge in [0, 0.05) is 17.5 Å². The molecular weight excluding hydrogens is 408 g/mol. The molecule has 0 bridgehead atoms. The number of carboxylic acids is 1. The molecule has 0 aliphatic rings. The summed E-state index contributed by atoms with van der Waals surface area (Å²) in [6.07, 6.45) is 1.35. The number of rotatable bonds is 9. The molecule has 0 radical (unpaired) electrons. The van der Waals surface area contributed by atoms with E-state index in [0.29, 0.717) is 17.7 Å². The molecule has 32 heavy (non-hydrogen) atoms. The lowest BCUT2D eigenvalue weighted by atomic mass is 10.0. The van der Waals surface area contributed by atoms with Crippen molar-refractivity contribution in [1.29, 1.82) is 0 Å². The summed E-state index contributed by atoms with van der Waals surface area (Å²) in [5.41, 5.74) is 1.12. The van der Waals surface area contributed by atoms with E-state index in [1.807, 2.05) is 43.3 Å². The van der Waals surface area contributed by atoms with Crippen LogP contribution < -0.4 is 15.4 Å². The van der Waals surface area contributed by atoms with Crippen molar-refractivity contribution < 1.29 is 24.2 Å². The van der Waals surface area contributed by atoms with Crippen molar-refractivity contribution in [2.24, 2.45) is 0 Å². The van der Waals surface area contributed by atoms with Gasteiger partial charge in [-0.15, -0.1) is 0 Å². The first kappa shape index (κ1) is 22.6. The predicted octanol–water partition coefficient (Wildman–Crippen LogP) is 3.60. The van der Waals surface area contributed by atoms with Crippen LogP contribution in [0.1, 0.15) is 29.3 Å². The lowest BCUT2D eigenvalue weighted by Gasteiger charge is -2.13. The van der Waals surface area contributed by atoms with Gasteiger partial charge in [0.15, 0.2) is 0 Å². The van der Waals surface area contributed by atoms with Gasteiger partial charge in [-0.2, -0.15) is 0 Å². The molecular formula is C25H24N2O5. The zero-order chi connectivity index (χ0) is 22.9. The Balaban J connectivity index is 1.98. The molecule has 7 nitrogen and oxygen atoms in total. The summed E-state index contributed by atoms with van der Waals surface area (Å²) in [5, 5.41) is 15.8. The molecule has 0 aliphatic heterocycles. The zero-order valence-corrected chi connectivity index (χ0v) is 17.6. The molecule has 3 aromatic rings. The fourth-order valence-corrected chi connectivity index (χ4v) is 3.18. The predicted molar refractivity (Wildman–Crippen MR) is 122 cm³/mol. The second kappa shape index (κ2) is 10.8. The minimum Gasteiger partial charge on any atom is -0.493 e. The number of aliphatic carboxylic acids is 1. The largest absolute Gasteiger partial charge is 0.493 e. The zero-order valence-electron chi connectivity index (χ0n) is 17.6. The van der Waals surface area contributed by atoms with E-state index in [4.69, 9.17) is 9.84 Å². The Hall–Kier alpha value is -4.13. The van der Waals surface area contributed by atoms with Crippen LogP contribution in [-0.4, -0.2) is 36.0 Å². The van der Waals surface area contributed by atoms with Crippen LogP contribution >= 0.6 is 0 Å². The molecule has 0 aromatic heterocycles. The molecule has 0 fully saturated rings. The summed E-state index contributed by atoms with van der Waals surface area (Å²) < 4.78 is 5.70. The summed E-state index contributed by atoms with van der Waals surface area (Å²) in [6, 6.07) is 19.8. The first-order chi connectivity index (χ1) is 15.5. The maximum atomic E-state index is 12.8. The van der Waals surface area contributed by atoms with Gasteiger partial charge in [-0.3, -0.25) is 14.4 Å². The number of hydrogen-bond acceptors (Lipinski definition) is 4. The Kier molecular flexibility index (Phi) is 7.59. The van der Waals surface area contributed by atoms with Crippen molar-refractivity contribution in [2.75, 3.05) is 13.2 Å². The lowest BCUT2D eigenvalue weighted by Crippen LogP contribution is -2.35. The topological polar surface area (TPSA) is 105 Å². The SMILES string of the molecule is CCOc1ccc(/C=C(/NC(=O)c2ccccc2)C(=O)NCCC(=O)O)c2ccccc12. The normalized spacial score (nSPS) is 11.1. The number of hydrogen-bond donors (Lipinski definition) is 3. The van der Waals surface area contributed by atoms with Crippen molar-refractivity contribution in [1.82, 2.24) is 10.6 Å². The van der Waals surface area contributed by atoms with Crippen LogP contribution in [0.5, 0.6) is 5.75 Å². The van der Waals surface area contributed by atoms with Crippen molar-refractivity contribution in [2.45, 2.75) is 13.3 Å². The Bertz CT molecular complexity index is 1160. The van der Waals surface area contributed by atoms with E-state index in [-0.39, 0.29) is 18.7 Å². The summed E-state index contributed by atoms with van der Waals surface area (Å²) in [7, 11) is 0. The molecule has 3 N–H and O–H groups in total. The number of carbonyl (C=O) groups is 3. The highest BCUT2D eigenvalue weighted by Gasteiger charge is 2.16.